The van der Waals surface area contributed by atoms with E-state index < -0.39 is 22.5 Å². The molecule has 3 aromatic rings. The van der Waals surface area contributed by atoms with Crippen LogP contribution in [0.3, 0.4) is 0 Å². The van der Waals surface area contributed by atoms with Gasteiger partial charge in [-0.25, -0.2) is 13.8 Å². The summed E-state index contributed by atoms with van der Waals surface area (Å²) in [6, 6.07) is 19.5. The fraction of sp³-hybridized carbons (Fsp3) is 0.259. The number of amides is 1. The van der Waals surface area contributed by atoms with Crippen LogP contribution in [-0.4, -0.2) is 44.7 Å². The molecule has 1 N–H and O–H groups in total. The molecule has 9 heteroatoms. The van der Waals surface area contributed by atoms with Gasteiger partial charge in [0.1, 0.15) is 18.4 Å². The number of thioether (sulfide) groups is 1. The number of hydrogen-bond acceptors (Lipinski definition) is 6. The third-order valence-corrected chi connectivity index (χ3v) is 8.69. The van der Waals surface area contributed by atoms with Crippen molar-refractivity contribution in [2.24, 2.45) is 5.10 Å². The van der Waals surface area contributed by atoms with Crippen LogP contribution in [0.2, 0.25) is 0 Å². The third kappa shape index (κ3) is 6.27. The fourth-order valence-corrected chi connectivity index (χ4v) is 5.65. The van der Waals surface area contributed by atoms with Crippen molar-refractivity contribution >= 4 is 39.6 Å². The van der Waals surface area contributed by atoms with E-state index in [4.69, 9.17) is 4.74 Å². The zero-order valence-corrected chi connectivity index (χ0v) is 22.1. The van der Waals surface area contributed by atoms with Gasteiger partial charge in [0, 0.05) is 11.5 Å². The largest absolute Gasteiger partial charge is 0.489 e. The summed E-state index contributed by atoms with van der Waals surface area (Å²) < 4.78 is 34.2. The Bertz CT molecular complexity index is 1370. The maximum Gasteiger partial charge on any atom is 0.264 e. The fourth-order valence-electron chi connectivity index (χ4n) is 3.61. The van der Waals surface area contributed by atoms with Gasteiger partial charge in [0.25, 0.3) is 15.9 Å². The van der Waals surface area contributed by atoms with E-state index >= 15 is 0 Å². The molecule has 1 saturated heterocycles. The lowest BCUT2D eigenvalue weighted by atomic mass is 10.1. The van der Waals surface area contributed by atoms with Crippen LogP contribution >= 0.6 is 11.8 Å². The van der Waals surface area contributed by atoms with Gasteiger partial charge in [-0.3, -0.25) is 9.10 Å². The topological polar surface area (TPSA) is 88.1 Å². The number of carbonyl (C=O) groups is 1. The number of rotatable bonds is 9. The second kappa shape index (κ2) is 11.2. The molecule has 7 nitrogen and oxygen atoms in total. The van der Waals surface area contributed by atoms with E-state index in [1.54, 1.807) is 30.3 Å². The minimum absolute atomic E-state index is 0.118. The molecule has 0 aromatic heterocycles. The molecule has 188 valence electrons. The molecule has 0 radical (unpaired) electrons. The van der Waals surface area contributed by atoms with Gasteiger partial charge in [0.05, 0.1) is 16.8 Å². The number of nitrogens with one attached hydrogen (secondary N) is 1. The number of hydrazone groups is 1. The molecule has 0 aliphatic carbocycles. The Balaban J connectivity index is 1.52. The van der Waals surface area contributed by atoms with Gasteiger partial charge >= 0.3 is 0 Å². The van der Waals surface area contributed by atoms with Crippen LogP contribution in [0, 0.1) is 20.8 Å². The monoisotopic (exact) mass is 523 g/mol. The van der Waals surface area contributed by atoms with Gasteiger partial charge in [-0.15, -0.1) is 0 Å². The van der Waals surface area contributed by atoms with E-state index in [0.29, 0.717) is 5.69 Å². The molecule has 0 unspecified atom stereocenters. The SMILES string of the molecule is Cc1ccc(S(=O)(=O)N(CC(=O)N/N=C\c2cccc(OC3CSC3)c2)c2cc(C)ccc2C)cc1. The molecule has 1 heterocycles. The molecule has 1 amide bonds. The number of sulfonamides is 1. The van der Waals surface area contributed by atoms with Crippen molar-refractivity contribution in [1.82, 2.24) is 5.43 Å². The Morgan fingerprint density at radius 1 is 1.06 bits per heavy atom. The maximum absolute atomic E-state index is 13.6. The zero-order valence-electron chi connectivity index (χ0n) is 20.5. The predicted octanol–water partition coefficient (Wildman–Crippen LogP) is 4.45. The van der Waals surface area contributed by atoms with Crippen molar-refractivity contribution in [1.29, 1.82) is 0 Å². The van der Waals surface area contributed by atoms with Crippen molar-refractivity contribution in [2.45, 2.75) is 31.8 Å². The minimum Gasteiger partial charge on any atom is -0.489 e. The number of aryl methyl sites for hydroxylation is 3. The lowest BCUT2D eigenvalue weighted by molar-refractivity contribution is -0.119. The second-order valence-electron chi connectivity index (χ2n) is 8.76. The number of benzene rings is 3. The lowest BCUT2D eigenvalue weighted by Gasteiger charge is -2.26. The number of nitrogens with zero attached hydrogens (tertiary/aromatic N) is 2. The molecule has 36 heavy (non-hydrogen) atoms. The average Bonchev–Trinajstić information content (AvgIpc) is 2.82. The van der Waals surface area contributed by atoms with Crippen LogP contribution in [0.25, 0.3) is 0 Å². The predicted molar refractivity (Wildman–Crippen MR) is 146 cm³/mol. The summed E-state index contributed by atoms with van der Waals surface area (Å²) in [5.74, 6) is 2.16. The molecule has 0 bridgehead atoms. The van der Waals surface area contributed by atoms with E-state index in [9.17, 15) is 13.2 Å². The van der Waals surface area contributed by atoms with E-state index in [1.165, 1.54) is 6.21 Å². The highest BCUT2D eigenvalue weighted by Gasteiger charge is 2.28. The smallest absolute Gasteiger partial charge is 0.264 e. The minimum atomic E-state index is -3.99. The van der Waals surface area contributed by atoms with Crippen LogP contribution in [0.1, 0.15) is 22.3 Å². The molecule has 0 saturated carbocycles. The number of ether oxygens (including phenoxy) is 1. The molecule has 1 aliphatic rings. The van der Waals surface area contributed by atoms with Crippen LogP contribution in [0.15, 0.2) is 76.7 Å². The Labute approximate surface area is 216 Å². The lowest BCUT2D eigenvalue weighted by Crippen LogP contribution is -2.40. The molecule has 0 atom stereocenters. The first-order valence-electron chi connectivity index (χ1n) is 11.6. The van der Waals surface area contributed by atoms with Gasteiger partial charge < -0.3 is 4.74 Å². The number of carbonyl (C=O) groups excluding carboxylic acids is 1. The normalized spacial score (nSPS) is 13.9. The number of anilines is 1. The highest BCUT2D eigenvalue weighted by atomic mass is 32.2. The first kappa shape index (κ1) is 25.8. The highest BCUT2D eigenvalue weighted by molar-refractivity contribution is 8.00. The molecular weight excluding hydrogens is 494 g/mol. The summed E-state index contributed by atoms with van der Waals surface area (Å²) in [5.41, 5.74) is 6.25. The molecular formula is C27H29N3O4S2. The van der Waals surface area contributed by atoms with Crippen LogP contribution in [0.4, 0.5) is 5.69 Å². The molecule has 4 rings (SSSR count). The van der Waals surface area contributed by atoms with E-state index in [-0.39, 0.29) is 11.0 Å². The van der Waals surface area contributed by atoms with Crippen LogP contribution in [0.5, 0.6) is 5.75 Å². The van der Waals surface area contributed by atoms with Crippen molar-refractivity contribution in [2.75, 3.05) is 22.4 Å². The Morgan fingerprint density at radius 2 is 1.78 bits per heavy atom. The third-order valence-electron chi connectivity index (χ3n) is 5.70. The first-order valence-corrected chi connectivity index (χ1v) is 14.1. The van der Waals surface area contributed by atoms with Gasteiger partial charge in [-0.1, -0.05) is 42.0 Å². The van der Waals surface area contributed by atoms with Crippen LogP contribution in [-0.2, 0) is 14.8 Å². The van der Waals surface area contributed by atoms with E-state index in [1.807, 2.05) is 68.9 Å². The van der Waals surface area contributed by atoms with Crippen molar-refractivity contribution in [3.63, 3.8) is 0 Å². The molecule has 0 spiro atoms. The van der Waals surface area contributed by atoms with Crippen molar-refractivity contribution < 1.29 is 17.9 Å². The van der Waals surface area contributed by atoms with Crippen molar-refractivity contribution in [3.8, 4) is 5.75 Å². The summed E-state index contributed by atoms with van der Waals surface area (Å²) in [6.45, 7) is 5.17. The summed E-state index contributed by atoms with van der Waals surface area (Å²) >= 11 is 1.85. The van der Waals surface area contributed by atoms with Gasteiger partial charge in [0.15, 0.2) is 0 Å². The summed E-state index contributed by atoms with van der Waals surface area (Å²) in [4.78, 5) is 13.0. The number of hydrogen-bond donors (Lipinski definition) is 1. The quantitative estimate of drug-likeness (QED) is 0.331. The average molecular weight is 524 g/mol. The molecule has 3 aromatic carbocycles. The highest BCUT2D eigenvalue weighted by Crippen LogP contribution is 2.28. The Morgan fingerprint density at radius 3 is 2.47 bits per heavy atom. The standard InChI is InChI=1S/C27H29N3O4S2/c1-19-8-11-25(12-9-19)36(32,33)30(26-13-20(2)7-10-21(26)3)16-27(31)29-28-15-22-5-4-6-23(14-22)34-24-17-35-18-24/h4-15,24H,16-18H2,1-3H3,(H,29,31)/b28-15-. The summed E-state index contributed by atoms with van der Waals surface area (Å²) in [7, 11) is -3.99. The van der Waals surface area contributed by atoms with Gasteiger partial charge in [-0.05, 0) is 67.8 Å². The summed E-state index contributed by atoms with van der Waals surface area (Å²) in [5, 5.41) is 4.04. The summed E-state index contributed by atoms with van der Waals surface area (Å²) in [6.07, 6.45) is 1.74. The van der Waals surface area contributed by atoms with Crippen molar-refractivity contribution in [3.05, 3.63) is 89.0 Å². The van der Waals surface area contributed by atoms with Gasteiger partial charge in [-0.2, -0.15) is 16.9 Å². The Kier molecular flexibility index (Phi) is 8.01. The van der Waals surface area contributed by atoms with Gasteiger partial charge in [0.2, 0.25) is 0 Å². The Hall–Kier alpha value is -3.30. The van der Waals surface area contributed by atoms with Crippen LogP contribution < -0.4 is 14.5 Å². The molecule has 1 aliphatic heterocycles. The van der Waals surface area contributed by atoms with E-state index in [0.717, 1.165) is 43.8 Å². The maximum atomic E-state index is 13.6. The molecule has 1 fully saturated rings. The zero-order chi connectivity index (χ0) is 25.7. The second-order valence-corrected chi connectivity index (χ2v) is 11.7. The first-order chi connectivity index (χ1) is 17.2. The van der Waals surface area contributed by atoms with E-state index in [2.05, 4.69) is 10.5 Å².